The third-order valence-electron chi connectivity index (χ3n) is 3.72. The van der Waals surface area contributed by atoms with Crippen molar-refractivity contribution in [2.45, 2.75) is 6.04 Å². The molecule has 2 amide bonds. The van der Waals surface area contributed by atoms with E-state index in [1.165, 1.54) is 7.11 Å². The first kappa shape index (κ1) is 18.0. The maximum atomic E-state index is 12.6. The van der Waals surface area contributed by atoms with Crippen molar-refractivity contribution in [3.8, 4) is 0 Å². The summed E-state index contributed by atoms with van der Waals surface area (Å²) in [4.78, 5) is 28.0. The van der Waals surface area contributed by atoms with Gasteiger partial charge in [0.1, 0.15) is 6.04 Å². The van der Waals surface area contributed by atoms with E-state index in [0.29, 0.717) is 41.8 Å². The highest BCUT2D eigenvalue weighted by atomic mass is 35.5. The normalized spacial score (nSPS) is 16.3. The monoisotopic (exact) mass is 359 g/mol. The highest BCUT2D eigenvalue weighted by Crippen LogP contribution is 2.26. The van der Waals surface area contributed by atoms with Gasteiger partial charge in [-0.1, -0.05) is 29.3 Å². The van der Waals surface area contributed by atoms with Gasteiger partial charge >= 0.3 is 0 Å². The van der Waals surface area contributed by atoms with Gasteiger partial charge in [0.15, 0.2) is 0 Å². The lowest BCUT2D eigenvalue weighted by Crippen LogP contribution is -2.55. The summed E-state index contributed by atoms with van der Waals surface area (Å²) in [6.07, 6.45) is 0. The van der Waals surface area contributed by atoms with Crippen LogP contribution in [-0.4, -0.2) is 67.6 Å². The van der Waals surface area contributed by atoms with Crippen molar-refractivity contribution < 1.29 is 14.3 Å². The van der Waals surface area contributed by atoms with Crippen molar-refractivity contribution in [2.75, 3.05) is 39.9 Å². The number of halogens is 2. The summed E-state index contributed by atoms with van der Waals surface area (Å²) >= 11 is 12.1. The summed E-state index contributed by atoms with van der Waals surface area (Å²) in [5.74, 6) is -0.399. The van der Waals surface area contributed by atoms with Gasteiger partial charge in [0.05, 0.1) is 22.2 Å². The third kappa shape index (κ3) is 4.14. The van der Waals surface area contributed by atoms with E-state index >= 15 is 0 Å². The van der Waals surface area contributed by atoms with E-state index in [2.05, 4.69) is 0 Å². The average Bonchev–Trinajstić information content (AvgIpc) is 2.54. The molecular weight excluding hydrogens is 341 g/mol. The van der Waals surface area contributed by atoms with E-state index in [1.54, 1.807) is 28.0 Å². The zero-order valence-electron chi connectivity index (χ0n) is 12.8. The second-order valence-electron chi connectivity index (χ2n) is 5.28. The summed E-state index contributed by atoms with van der Waals surface area (Å²) in [5.41, 5.74) is 6.05. The summed E-state index contributed by atoms with van der Waals surface area (Å²) in [6.45, 7) is 1.83. The molecule has 0 aromatic heterocycles. The molecule has 1 atom stereocenters. The fraction of sp³-hybridized carbons (Fsp3) is 0.467. The van der Waals surface area contributed by atoms with Crippen LogP contribution in [0.15, 0.2) is 18.2 Å². The molecule has 0 radical (unpaired) electrons. The summed E-state index contributed by atoms with van der Waals surface area (Å²) in [5, 5.41) is 0.645. The molecule has 0 aliphatic carbocycles. The molecule has 2 rings (SSSR count). The number of piperazine rings is 1. The minimum Gasteiger partial charge on any atom is -0.383 e. The van der Waals surface area contributed by atoms with Crippen LogP contribution < -0.4 is 5.73 Å². The molecule has 126 valence electrons. The Bertz CT molecular complexity index is 569. The van der Waals surface area contributed by atoms with E-state index in [9.17, 15) is 9.59 Å². The molecule has 2 N–H and O–H groups in total. The van der Waals surface area contributed by atoms with Gasteiger partial charge in [0.25, 0.3) is 5.91 Å². The van der Waals surface area contributed by atoms with Crippen molar-refractivity contribution in [3.05, 3.63) is 33.8 Å². The number of hydrogen-bond acceptors (Lipinski definition) is 4. The lowest BCUT2D eigenvalue weighted by Gasteiger charge is -2.36. The maximum absolute atomic E-state index is 12.6. The van der Waals surface area contributed by atoms with Crippen LogP contribution in [0.1, 0.15) is 10.4 Å². The van der Waals surface area contributed by atoms with Crippen LogP contribution in [0.5, 0.6) is 0 Å². The van der Waals surface area contributed by atoms with E-state index in [-0.39, 0.29) is 18.4 Å². The van der Waals surface area contributed by atoms with Gasteiger partial charge in [-0.3, -0.25) is 9.59 Å². The Morgan fingerprint density at radius 3 is 2.22 bits per heavy atom. The van der Waals surface area contributed by atoms with E-state index < -0.39 is 6.04 Å². The topological polar surface area (TPSA) is 75.9 Å². The lowest BCUT2D eigenvalue weighted by molar-refractivity contribution is -0.135. The molecule has 8 heteroatoms. The number of ether oxygens (including phenoxy) is 1. The molecule has 1 fully saturated rings. The van der Waals surface area contributed by atoms with Crippen LogP contribution in [-0.2, 0) is 9.53 Å². The number of rotatable bonds is 4. The number of carbonyl (C=O) groups excluding carboxylic acids is 2. The van der Waals surface area contributed by atoms with Crippen molar-refractivity contribution in [1.82, 2.24) is 9.80 Å². The lowest BCUT2D eigenvalue weighted by atomic mass is 10.1. The Morgan fingerprint density at radius 1 is 1.17 bits per heavy atom. The first-order chi connectivity index (χ1) is 11.0. The van der Waals surface area contributed by atoms with Crippen LogP contribution in [0.4, 0.5) is 0 Å². The van der Waals surface area contributed by atoms with Crippen LogP contribution in [0.2, 0.25) is 10.0 Å². The molecule has 0 saturated carbocycles. The SMILES string of the molecule is COCC(N)C(=O)N1CCN(C(=O)c2c(Cl)cccc2Cl)CC1. The Kier molecular flexibility index (Phi) is 6.24. The predicted molar refractivity (Wildman–Crippen MR) is 88.8 cm³/mol. The highest BCUT2D eigenvalue weighted by molar-refractivity contribution is 6.39. The van der Waals surface area contributed by atoms with Crippen LogP contribution in [0.25, 0.3) is 0 Å². The molecule has 1 heterocycles. The van der Waals surface area contributed by atoms with Gasteiger partial charge in [-0.25, -0.2) is 0 Å². The molecule has 1 aromatic rings. The van der Waals surface area contributed by atoms with Crippen LogP contribution in [0.3, 0.4) is 0 Å². The molecule has 1 aliphatic rings. The average molecular weight is 360 g/mol. The number of amides is 2. The van der Waals surface area contributed by atoms with E-state index in [1.807, 2.05) is 0 Å². The number of methoxy groups -OCH3 is 1. The standard InChI is InChI=1S/C15H19Cl2N3O3/c1-23-9-12(18)14(21)19-5-7-20(8-6-19)15(22)13-10(16)3-2-4-11(13)17/h2-4,12H,5-9,18H2,1H3. The van der Waals surface area contributed by atoms with Gasteiger partial charge in [-0.05, 0) is 12.1 Å². The van der Waals surface area contributed by atoms with E-state index in [4.69, 9.17) is 33.7 Å². The Labute approximate surface area is 145 Å². The quantitative estimate of drug-likeness (QED) is 0.877. The summed E-state index contributed by atoms with van der Waals surface area (Å²) in [6, 6.07) is 4.27. The minimum atomic E-state index is -0.680. The van der Waals surface area contributed by atoms with Crippen LogP contribution in [0, 0.1) is 0 Å². The van der Waals surface area contributed by atoms with Gasteiger partial charge in [0.2, 0.25) is 5.91 Å². The molecule has 1 aromatic carbocycles. The first-order valence-electron chi connectivity index (χ1n) is 7.22. The largest absolute Gasteiger partial charge is 0.383 e. The first-order valence-corrected chi connectivity index (χ1v) is 7.98. The second-order valence-corrected chi connectivity index (χ2v) is 6.09. The minimum absolute atomic E-state index is 0.172. The number of nitrogens with two attached hydrogens (primary N) is 1. The number of carbonyl (C=O) groups is 2. The molecule has 23 heavy (non-hydrogen) atoms. The maximum Gasteiger partial charge on any atom is 0.257 e. The Morgan fingerprint density at radius 2 is 1.70 bits per heavy atom. The molecule has 1 saturated heterocycles. The molecule has 0 bridgehead atoms. The zero-order chi connectivity index (χ0) is 17.0. The zero-order valence-corrected chi connectivity index (χ0v) is 14.3. The molecule has 0 spiro atoms. The van der Waals surface area contributed by atoms with Crippen molar-refractivity contribution in [2.24, 2.45) is 5.73 Å². The molecular formula is C15H19Cl2N3O3. The Balaban J connectivity index is 1.99. The number of nitrogens with zero attached hydrogens (tertiary/aromatic N) is 2. The fourth-order valence-electron chi connectivity index (χ4n) is 2.48. The molecule has 1 unspecified atom stereocenters. The van der Waals surface area contributed by atoms with Gasteiger partial charge in [-0.2, -0.15) is 0 Å². The van der Waals surface area contributed by atoms with Crippen molar-refractivity contribution in [3.63, 3.8) is 0 Å². The van der Waals surface area contributed by atoms with Gasteiger partial charge in [0, 0.05) is 33.3 Å². The smallest absolute Gasteiger partial charge is 0.257 e. The summed E-state index contributed by atoms with van der Waals surface area (Å²) < 4.78 is 4.89. The van der Waals surface area contributed by atoms with Gasteiger partial charge < -0.3 is 20.3 Å². The number of benzene rings is 1. The molecule has 1 aliphatic heterocycles. The van der Waals surface area contributed by atoms with Gasteiger partial charge in [-0.15, -0.1) is 0 Å². The third-order valence-corrected chi connectivity index (χ3v) is 4.35. The van der Waals surface area contributed by atoms with Crippen LogP contribution >= 0.6 is 23.2 Å². The number of hydrogen-bond donors (Lipinski definition) is 1. The van der Waals surface area contributed by atoms with Crippen molar-refractivity contribution >= 4 is 35.0 Å². The summed E-state index contributed by atoms with van der Waals surface area (Å²) in [7, 11) is 1.50. The predicted octanol–water partition coefficient (Wildman–Crippen LogP) is 1.25. The van der Waals surface area contributed by atoms with Crippen molar-refractivity contribution in [1.29, 1.82) is 0 Å². The van der Waals surface area contributed by atoms with E-state index in [0.717, 1.165) is 0 Å². The highest BCUT2D eigenvalue weighted by Gasteiger charge is 2.29. The fourth-order valence-corrected chi connectivity index (χ4v) is 3.03. The molecule has 6 nitrogen and oxygen atoms in total. The second kappa shape index (κ2) is 7.97. The Hall–Kier alpha value is -1.34.